The lowest BCUT2D eigenvalue weighted by molar-refractivity contribution is 0.367. The standard InChI is InChI=1S/C15H11ClFN3O/c16-11-7-3-1-5-9(11)13(18)15-19-14(20-21-15)10-6-2-4-8-12(10)17/h1-8,13H,18H2/t13-/m1/s1. The third kappa shape index (κ3) is 2.66. The van der Waals surface area contributed by atoms with Crippen LogP contribution in [-0.2, 0) is 0 Å². The maximum Gasteiger partial charge on any atom is 0.248 e. The average Bonchev–Trinajstić information content (AvgIpc) is 2.97. The number of aromatic nitrogens is 2. The molecule has 0 spiro atoms. The van der Waals surface area contributed by atoms with Gasteiger partial charge in [0, 0.05) is 5.02 Å². The molecule has 6 heteroatoms. The number of rotatable bonds is 3. The van der Waals surface area contributed by atoms with Crippen molar-refractivity contribution in [3.63, 3.8) is 0 Å². The van der Waals surface area contributed by atoms with Gasteiger partial charge in [-0.3, -0.25) is 0 Å². The Hall–Kier alpha value is -2.24. The quantitative estimate of drug-likeness (QED) is 0.803. The highest BCUT2D eigenvalue weighted by Crippen LogP contribution is 2.27. The smallest absolute Gasteiger partial charge is 0.248 e. The number of nitrogens with two attached hydrogens (primary N) is 1. The van der Waals surface area contributed by atoms with E-state index in [1.807, 2.05) is 6.07 Å². The van der Waals surface area contributed by atoms with E-state index >= 15 is 0 Å². The number of benzene rings is 2. The minimum atomic E-state index is -0.660. The van der Waals surface area contributed by atoms with Gasteiger partial charge >= 0.3 is 0 Å². The van der Waals surface area contributed by atoms with Crippen molar-refractivity contribution in [2.45, 2.75) is 6.04 Å². The first-order chi connectivity index (χ1) is 10.2. The summed E-state index contributed by atoms with van der Waals surface area (Å²) in [6, 6.07) is 12.7. The summed E-state index contributed by atoms with van der Waals surface area (Å²) in [5, 5.41) is 4.28. The van der Waals surface area contributed by atoms with Crippen molar-refractivity contribution in [1.82, 2.24) is 10.1 Å². The van der Waals surface area contributed by atoms with Gasteiger partial charge in [-0.15, -0.1) is 0 Å². The molecule has 21 heavy (non-hydrogen) atoms. The molecule has 1 heterocycles. The molecule has 0 aliphatic carbocycles. The Kier molecular flexibility index (Phi) is 3.68. The number of hydrogen-bond donors (Lipinski definition) is 1. The Balaban J connectivity index is 1.96. The molecule has 4 nitrogen and oxygen atoms in total. The first-order valence-corrected chi connectivity index (χ1v) is 6.63. The lowest BCUT2D eigenvalue weighted by Gasteiger charge is -2.08. The van der Waals surface area contributed by atoms with Crippen LogP contribution in [0.1, 0.15) is 17.5 Å². The van der Waals surface area contributed by atoms with Crippen molar-refractivity contribution in [3.8, 4) is 11.4 Å². The zero-order chi connectivity index (χ0) is 14.8. The van der Waals surface area contributed by atoms with E-state index in [0.29, 0.717) is 10.6 Å². The van der Waals surface area contributed by atoms with Gasteiger partial charge in [-0.1, -0.05) is 47.1 Å². The summed E-state index contributed by atoms with van der Waals surface area (Å²) >= 11 is 6.09. The van der Waals surface area contributed by atoms with Gasteiger partial charge in [-0.25, -0.2) is 4.39 Å². The van der Waals surface area contributed by atoms with Crippen LogP contribution in [0.5, 0.6) is 0 Å². The van der Waals surface area contributed by atoms with Crippen LogP contribution in [0, 0.1) is 5.82 Å². The first kappa shape index (κ1) is 13.7. The van der Waals surface area contributed by atoms with Gasteiger partial charge in [-0.05, 0) is 23.8 Å². The van der Waals surface area contributed by atoms with Crippen LogP contribution >= 0.6 is 11.6 Å². The van der Waals surface area contributed by atoms with E-state index in [1.165, 1.54) is 6.07 Å². The molecular weight excluding hydrogens is 293 g/mol. The van der Waals surface area contributed by atoms with Gasteiger partial charge in [0.05, 0.1) is 5.56 Å². The van der Waals surface area contributed by atoms with Crippen LogP contribution in [0.25, 0.3) is 11.4 Å². The van der Waals surface area contributed by atoms with E-state index in [2.05, 4.69) is 10.1 Å². The minimum absolute atomic E-state index is 0.158. The van der Waals surface area contributed by atoms with Crippen LogP contribution in [0.15, 0.2) is 53.1 Å². The summed E-state index contributed by atoms with van der Waals surface area (Å²) in [6.07, 6.45) is 0. The fraction of sp³-hybridized carbons (Fsp3) is 0.0667. The predicted molar refractivity (Wildman–Crippen MR) is 77.2 cm³/mol. The second-order valence-electron chi connectivity index (χ2n) is 4.44. The second-order valence-corrected chi connectivity index (χ2v) is 4.84. The molecule has 1 aromatic heterocycles. The third-order valence-corrected chi connectivity index (χ3v) is 3.41. The fourth-order valence-electron chi connectivity index (χ4n) is 1.97. The summed E-state index contributed by atoms with van der Waals surface area (Å²) < 4.78 is 18.8. The van der Waals surface area contributed by atoms with Crippen LogP contribution < -0.4 is 5.73 Å². The highest BCUT2D eigenvalue weighted by molar-refractivity contribution is 6.31. The molecule has 0 fully saturated rings. The van der Waals surface area contributed by atoms with Gasteiger partial charge < -0.3 is 10.3 Å². The molecular formula is C15H11ClFN3O. The van der Waals surface area contributed by atoms with Crippen molar-refractivity contribution in [1.29, 1.82) is 0 Å². The van der Waals surface area contributed by atoms with Crippen LogP contribution in [-0.4, -0.2) is 10.1 Å². The highest BCUT2D eigenvalue weighted by atomic mass is 35.5. The number of halogens is 2. The molecule has 106 valence electrons. The monoisotopic (exact) mass is 303 g/mol. The second kappa shape index (κ2) is 5.63. The van der Waals surface area contributed by atoms with E-state index in [9.17, 15) is 4.39 Å². The van der Waals surface area contributed by atoms with E-state index in [4.69, 9.17) is 21.9 Å². The van der Waals surface area contributed by atoms with Crippen molar-refractivity contribution >= 4 is 11.6 Å². The SMILES string of the molecule is N[C@@H](c1nc(-c2ccccc2F)no1)c1ccccc1Cl. The number of nitrogens with zero attached hydrogens (tertiary/aromatic N) is 2. The summed E-state index contributed by atoms with van der Waals surface area (Å²) in [6.45, 7) is 0. The molecule has 3 aromatic rings. The Morgan fingerprint density at radius 3 is 2.57 bits per heavy atom. The molecule has 0 bridgehead atoms. The molecule has 0 aliphatic rings. The first-order valence-electron chi connectivity index (χ1n) is 6.25. The topological polar surface area (TPSA) is 64.9 Å². The lowest BCUT2D eigenvalue weighted by atomic mass is 10.1. The Labute approximate surface area is 125 Å². The van der Waals surface area contributed by atoms with Crippen molar-refractivity contribution < 1.29 is 8.91 Å². The molecule has 0 radical (unpaired) electrons. The average molecular weight is 304 g/mol. The number of hydrogen-bond acceptors (Lipinski definition) is 4. The van der Waals surface area contributed by atoms with Crippen LogP contribution in [0.4, 0.5) is 4.39 Å². The Morgan fingerprint density at radius 1 is 1.10 bits per heavy atom. The Bertz CT molecular complexity index is 775. The summed E-state index contributed by atoms with van der Waals surface area (Å²) in [4.78, 5) is 4.16. The zero-order valence-corrected chi connectivity index (χ0v) is 11.6. The van der Waals surface area contributed by atoms with Gasteiger partial charge in [-0.2, -0.15) is 4.98 Å². The minimum Gasteiger partial charge on any atom is -0.337 e. The van der Waals surface area contributed by atoms with Gasteiger partial charge in [0.25, 0.3) is 0 Å². The maximum atomic E-state index is 13.7. The van der Waals surface area contributed by atoms with Crippen molar-refractivity contribution in [2.75, 3.05) is 0 Å². The molecule has 0 unspecified atom stereocenters. The molecule has 2 aromatic carbocycles. The maximum absolute atomic E-state index is 13.7. The Morgan fingerprint density at radius 2 is 1.81 bits per heavy atom. The lowest BCUT2D eigenvalue weighted by Crippen LogP contribution is -2.12. The summed E-state index contributed by atoms with van der Waals surface area (Å²) in [7, 11) is 0. The van der Waals surface area contributed by atoms with Gasteiger partial charge in [0.15, 0.2) is 0 Å². The molecule has 1 atom stereocenters. The van der Waals surface area contributed by atoms with Gasteiger partial charge in [0.1, 0.15) is 11.9 Å². The molecule has 0 saturated heterocycles. The normalized spacial score (nSPS) is 12.3. The van der Waals surface area contributed by atoms with Gasteiger partial charge in [0.2, 0.25) is 11.7 Å². The highest BCUT2D eigenvalue weighted by Gasteiger charge is 2.20. The fourth-order valence-corrected chi connectivity index (χ4v) is 2.23. The van der Waals surface area contributed by atoms with Crippen LogP contribution in [0.3, 0.4) is 0 Å². The predicted octanol–water partition coefficient (Wildman–Crippen LogP) is 3.58. The van der Waals surface area contributed by atoms with E-state index in [-0.39, 0.29) is 17.3 Å². The van der Waals surface area contributed by atoms with E-state index in [0.717, 1.165) is 0 Å². The van der Waals surface area contributed by atoms with Crippen LogP contribution in [0.2, 0.25) is 5.02 Å². The van der Waals surface area contributed by atoms with E-state index < -0.39 is 11.9 Å². The third-order valence-electron chi connectivity index (χ3n) is 3.06. The molecule has 0 aliphatic heterocycles. The molecule has 3 rings (SSSR count). The molecule has 2 N–H and O–H groups in total. The van der Waals surface area contributed by atoms with E-state index in [1.54, 1.807) is 36.4 Å². The summed E-state index contributed by atoms with van der Waals surface area (Å²) in [5.41, 5.74) is 7.00. The zero-order valence-electron chi connectivity index (χ0n) is 10.8. The van der Waals surface area contributed by atoms with Crippen molar-refractivity contribution in [3.05, 3.63) is 70.8 Å². The molecule has 0 amide bonds. The largest absolute Gasteiger partial charge is 0.337 e. The molecule has 0 saturated carbocycles. The van der Waals surface area contributed by atoms with Crippen molar-refractivity contribution in [2.24, 2.45) is 5.73 Å². The summed E-state index contributed by atoms with van der Waals surface area (Å²) in [5.74, 6) is -0.0804.